The van der Waals surface area contributed by atoms with Gasteiger partial charge in [0.2, 0.25) is 0 Å². The summed E-state index contributed by atoms with van der Waals surface area (Å²) >= 11 is 0. The Hall–Kier alpha value is -1.90. The Kier molecular flexibility index (Phi) is 5.73. The van der Waals surface area contributed by atoms with Crippen molar-refractivity contribution >= 4 is 5.97 Å². The number of nitriles is 1. The fourth-order valence-corrected chi connectivity index (χ4v) is 2.51. The number of ether oxygens (including phenoxy) is 1. The van der Waals surface area contributed by atoms with E-state index in [9.17, 15) is 4.79 Å². The van der Waals surface area contributed by atoms with E-state index < -0.39 is 5.97 Å². The van der Waals surface area contributed by atoms with Crippen molar-refractivity contribution in [2.75, 3.05) is 19.7 Å². The number of hydrogen-bond donors (Lipinski definition) is 1. The van der Waals surface area contributed by atoms with Gasteiger partial charge in [-0.15, -0.1) is 0 Å². The minimum Gasteiger partial charge on any atom is -0.481 e. The molecule has 1 aliphatic rings. The molecule has 0 saturated carbocycles. The Morgan fingerprint density at radius 1 is 1.43 bits per heavy atom. The molecule has 0 radical (unpaired) electrons. The van der Waals surface area contributed by atoms with Crippen molar-refractivity contribution in [1.82, 2.24) is 4.90 Å². The van der Waals surface area contributed by atoms with E-state index in [1.54, 1.807) is 12.1 Å². The van der Waals surface area contributed by atoms with Gasteiger partial charge in [0.1, 0.15) is 0 Å². The summed E-state index contributed by atoms with van der Waals surface area (Å²) in [5.41, 5.74) is 1.72. The first-order valence-electron chi connectivity index (χ1n) is 7.22. The SMILES string of the molecule is N#Cc1ccc(CN(CCC(=O)O)CC2CCCO2)cc1. The summed E-state index contributed by atoms with van der Waals surface area (Å²) in [6.07, 6.45) is 2.45. The number of nitrogens with zero attached hydrogens (tertiary/aromatic N) is 2. The first-order valence-corrected chi connectivity index (χ1v) is 7.22. The van der Waals surface area contributed by atoms with Gasteiger partial charge in [0.15, 0.2) is 0 Å². The monoisotopic (exact) mass is 288 g/mol. The Morgan fingerprint density at radius 2 is 2.19 bits per heavy atom. The van der Waals surface area contributed by atoms with Gasteiger partial charge < -0.3 is 9.84 Å². The molecule has 1 atom stereocenters. The highest BCUT2D eigenvalue weighted by Gasteiger charge is 2.19. The molecule has 5 nitrogen and oxygen atoms in total. The second kappa shape index (κ2) is 7.77. The molecule has 112 valence electrons. The zero-order valence-electron chi connectivity index (χ0n) is 12.0. The Bertz CT molecular complexity index is 501. The van der Waals surface area contributed by atoms with Crippen molar-refractivity contribution in [2.24, 2.45) is 0 Å². The molecular weight excluding hydrogens is 268 g/mol. The van der Waals surface area contributed by atoms with E-state index >= 15 is 0 Å². The maximum atomic E-state index is 10.8. The molecule has 1 N–H and O–H groups in total. The molecule has 1 aliphatic heterocycles. The van der Waals surface area contributed by atoms with Gasteiger partial charge in [-0.25, -0.2) is 0 Å². The number of benzene rings is 1. The molecule has 1 aromatic rings. The van der Waals surface area contributed by atoms with Crippen LogP contribution in [0.3, 0.4) is 0 Å². The summed E-state index contributed by atoms with van der Waals surface area (Å²) in [6.45, 7) is 2.75. The van der Waals surface area contributed by atoms with Crippen LogP contribution in [0.1, 0.15) is 30.4 Å². The lowest BCUT2D eigenvalue weighted by Crippen LogP contribution is -2.33. The molecule has 5 heteroatoms. The van der Waals surface area contributed by atoms with Crippen molar-refractivity contribution in [3.8, 4) is 6.07 Å². The smallest absolute Gasteiger partial charge is 0.304 e. The summed E-state index contributed by atoms with van der Waals surface area (Å²) in [5.74, 6) is -0.785. The van der Waals surface area contributed by atoms with Gasteiger partial charge >= 0.3 is 5.97 Å². The standard InChI is InChI=1S/C16H20N2O3/c17-10-13-3-5-14(6-4-13)11-18(8-7-16(19)20)12-15-2-1-9-21-15/h3-6,15H,1-2,7-9,11-12H2,(H,19,20). The lowest BCUT2D eigenvalue weighted by Gasteiger charge is -2.24. The van der Waals surface area contributed by atoms with E-state index in [-0.39, 0.29) is 12.5 Å². The number of carboxylic acid groups (broad SMARTS) is 1. The zero-order chi connectivity index (χ0) is 15.1. The lowest BCUT2D eigenvalue weighted by atomic mass is 10.1. The van der Waals surface area contributed by atoms with Gasteiger partial charge in [-0.2, -0.15) is 5.26 Å². The van der Waals surface area contributed by atoms with Crippen molar-refractivity contribution in [3.63, 3.8) is 0 Å². The minimum absolute atomic E-state index is 0.128. The average molecular weight is 288 g/mol. The maximum absolute atomic E-state index is 10.8. The topological polar surface area (TPSA) is 73.6 Å². The fraction of sp³-hybridized carbons (Fsp3) is 0.500. The summed E-state index contributed by atoms with van der Waals surface area (Å²) < 4.78 is 5.63. The Morgan fingerprint density at radius 3 is 2.76 bits per heavy atom. The summed E-state index contributed by atoms with van der Waals surface area (Å²) in [4.78, 5) is 12.9. The summed E-state index contributed by atoms with van der Waals surface area (Å²) in [6, 6.07) is 9.51. The van der Waals surface area contributed by atoms with Crippen LogP contribution in [0.4, 0.5) is 0 Å². The van der Waals surface area contributed by atoms with Gasteiger partial charge in [-0.1, -0.05) is 12.1 Å². The molecule has 21 heavy (non-hydrogen) atoms. The molecule has 0 spiro atoms. The van der Waals surface area contributed by atoms with Crippen LogP contribution >= 0.6 is 0 Å². The zero-order valence-corrected chi connectivity index (χ0v) is 12.0. The predicted molar refractivity (Wildman–Crippen MR) is 77.7 cm³/mol. The summed E-state index contributed by atoms with van der Waals surface area (Å²) in [7, 11) is 0. The Balaban J connectivity index is 1.95. The second-order valence-electron chi connectivity index (χ2n) is 5.32. The highest BCUT2D eigenvalue weighted by molar-refractivity contribution is 5.66. The van der Waals surface area contributed by atoms with Gasteiger partial charge in [-0.3, -0.25) is 9.69 Å². The third kappa shape index (κ3) is 5.18. The first kappa shape index (κ1) is 15.5. The van der Waals surface area contributed by atoms with Gasteiger partial charge in [0, 0.05) is 26.2 Å². The number of carboxylic acids is 1. The van der Waals surface area contributed by atoms with Crippen LogP contribution in [-0.4, -0.2) is 41.8 Å². The maximum Gasteiger partial charge on any atom is 0.304 e. The molecule has 0 aromatic heterocycles. The van der Waals surface area contributed by atoms with Gasteiger partial charge in [-0.05, 0) is 30.5 Å². The molecule has 1 unspecified atom stereocenters. The van der Waals surface area contributed by atoms with Crippen LogP contribution in [-0.2, 0) is 16.1 Å². The first-order chi connectivity index (χ1) is 10.2. The van der Waals surface area contributed by atoms with Crippen molar-refractivity contribution in [2.45, 2.75) is 31.9 Å². The second-order valence-corrected chi connectivity index (χ2v) is 5.32. The Labute approximate surface area is 124 Å². The van der Waals surface area contributed by atoms with E-state index in [1.165, 1.54) is 0 Å². The number of carbonyl (C=O) groups is 1. The van der Waals surface area contributed by atoms with Crippen LogP contribution in [0.5, 0.6) is 0 Å². The van der Waals surface area contributed by atoms with Crippen molar-refractivity contribution in [3.05, 3.63) is 35.4 Å². The van der Waals surface area contributed by atoms with E-state index in [1.807, 2.05) is 12.1 Å². The number of hydrogen-bond acceptors (Lipinski definition) is 4. The predicted octanol–water partition coefficient (Wildman–Crippen LogP) is 2.01. The molecular formula is C16H20N2O3. The molecule has 0 amide bonds. The normalized spacial score (nSPS) is 17.8. The van der Waals surface area contributed by atoms with Crippen molar-refractivity contribution in [1.29, 1.82) is 5.26 Å². The van der Waals surface area contributed by atoms with Crippen LogP contribution < -0.4 is 0 Å². The average Bonchev–Trinajstić information content (AvgIpc) is 2.98. The third-order valence-corrected chi connectivity index (χ3v) is 3.62. The lowest BCUT2D eigenvalue weighted by molar-refractivity contribution is -0.137. The minimum atomic E-state index is -0.785. The largest absolute Gasteiger partial charge is 0.481 e. The molecule has 1 fully saturated rings. The highest BCUT2D eigenvalue weighted by Crippen LogP contribution is 2.15. The van der Waals surface area contributed by atoms with Crippen LogP contribution in [0, 0.1) is 11.3 Å². The van der Waals surface area contributed by atoms with Crippen LogP contribution in [0.25, 0.3) is 0 Å². The van der Waals surface area contributed by atoms with E-state index in [2.05, 4.69) is 11.0 Å². The fourth-order valence-electron chi connectivity index (χ4n) is 2.51. The van der Waals surface area contributed by atoms with Crippen LogP contribution in [0.2, 0.25) is 0 Å². The third-order valence-electron chi connectivity index (χ3n) is 3.62. The molecule has 2 rings (SSSR count). The molecule has 0 bridgehead atoms. The quantitative estimate of drug-likeness (QED) is 0.831. The molecule has 0 aliphatic carbocycles. The van der Waals surface area contributed by atoms with Gasteiger partial charge in [0.05, 0.1) is 24.2 Å². The van der Waals surface area contributed by atoms with Crippen LogP contribution in [0.15, 0.2) is 24.3 Å². The number of rotatable bonds is 7. The van der Waals surface area contributed by atoms with E-state index in [0.29, 0.717) is 18.7 Å². The van der Waals surface area contributed by atoms with Gasteiger partial charge in [0.25, 0.3) is 0 Å². The van der Waals surface area contributed by atoms with E-state index in [4.69, 9.17) is 15.1 Å². The molecule has 1 aromatic carbocycles. The van der Waals surface area contributed by atoms with Crippen molar-refractivity contribution < 1.29 is 14.6 Å². The van der Waals surface area contributed by atoms with E-state index in [0.717, 1.165) is 31.6 Å². The number of aliphatic carboxylic acids is 1. The summed E-state index contributed by atoms with van der Waals surface area (Å²) in [5, 5.41) is 17.7. The highest BCUT2D eigenvalue weighted by atomic mass is 16.5. The molecule has 1 heterocycles. The molecule has 1 saturated heterocycles.